The van der Waals surface area contributed by atoms with E-state index in [0.717, 1.165) is 11.6 Å². The minimum Gasteiger partial charge on any atom is -0.383 e. The third-order valence-electron chi connectivity index (χ3n) is 3.04. The van der Waals surface area contributed by atoms with E-state index < -0.39 is 11.6 Å². The molecule has 3 nitrogen and oxygen atoms in total. The molecular weight excluding hydrogens is 248 g/mol. The Balaban J connectivity index is 2.28. The predicted octanol–water partition coefficient (Wildman–Crippen LogP) is 2.45. The number of aromatic nitrogens is 1. The van der Waals surface area contributed by atoms with E-state index in [1.54, 1.807) is 19.3 Å². The summed E-state index contributed by atoms with van der Waals surface area (Å²) in [6, 6.07) is 6.90. The van der Waals surface area contributed by atoms with Crippen LogP contribution >= 0.6 is 0 Å². The fourth-order valence-electron chi connectivity index (χ4n) is 1.99. The second-order valence-corrected chi connectivity index (χ2v) is 4.26. The van der Waals surface area contributed by atoms with Crippen molar-refractivity contribution in [1.82, 2.24) is 10.3 Å². The van der Waals surface area contributed by atoms with Gasteiger partial charge in [0.2, 0.25) is 0 Å². The molecule has 0 aliphatic heterocycles. The van der Waals surface area contributed by atoms with E-state index in [1.807, 2.05) is 6.07 Å². The molecule has 0 aliphatic rings. The minimum atomic E-state index is -0.586. The molecule has 1 aromatic heterocycles. The molecule has 5 heteroatoms. The van der Waals surface area contributed by atoms with E-state index in [9.17, 15) is 8.78 Å². The highest BCUT2D eigenvalue weighted by Crippen LogP contribution is 2.23. The maximum Gasteiger partial charge on any atom is 0.130 e. The van der Waals surface area contributed by atoms with Crippen molar-refractivity contribution in [2.45, 2.75) is 12.5 Å². The molecule has 1 unspecified atom stereocenters. The lowest BCUT2D eigenvalue weighted by Crippen LogP contribution is -2.21. The van der Waals surface area contributed by atoms with Crippen molar-refractivity contribution < 1.29 is 8.78 Å². The summed E-state index contributed by atoms with van der Waals surface area (Å²) in [6.45, 7) is 0. The summed E-state index contributed by atoms with van der Waals surface area (Å²) in [5.74, 6) is -0.732. The molecule has 0 saturated heterocycles. The van der Waals surface area contributed by atoms with Crippen LogP contribution in [-0.2, 0) is 6.42 Å². The highest BCUT2D eigenvalue weighted by atomic mass is 19.1. The Morgan fingerprint density at radius 1 is 1.32 bits per heavy atom. The van der Waals surface area contributed by atoms with Crippen LogP contribution in [0.3, 0.4) is 0 Å². The number of likely N-dealkylation sites (N-methyl/N-ethyl adjacent to an activating group) is 1. The van der Waals surface area contributed by atoms with Gasteiger partial charge >= 0.3 is 0 Å². The van der Waals surface area contributed by atoms with Crippen LogP contribution in [0.1, 0.15) is 17.2 Å². The third kappa shape index (κ3) is 3.06. The molecule has 0 spiro atoms. The Morgan fingerprint density at radius 3 is 2.74 bits per heavy atom. The maximum atomic E-state index is 13.8. The maximum absolute atomic E-state index is 13.8. The molecule has 0 fully saturated rings. The Morgan fingerprint density at radius 2 is 2.11 bits per heavy atom. The molecule has 0 radical (unpaired) electrons. The second-order valence-electron chi connectivity index (χ2n) is 4.26. The van der Waals surface area contributed by atoms with Gasteiger partial charge in [0.15, 0.2) is 0 Å². The smallest absolute Gasteiger partial charge is 0.130 e. The lowest BCUT2D eigenvalue weighted by molar-refractivity contribution is 0.521. The van der Waals surface area contributed by atoms with Gasteiger partial charge in [-0.05, 0) is 31.2 Å². The average molecular weight is 263 g/mol. The van der Waals surface area contributed by atoms with Crippen LogP contribution in [0.25, 0.3) is 0 Å². The summed E-state index contributed by atoms with van der Waals surface area (Å²) in [6.07, 6.45) is 2.09. The van der Waals surface area contributed by atoms with Gasteiger partial charge in [0.1, 0.15) is 17.5 Å². The summed E-state index contributed by atoms with van der Waals surface area (Å²) >= 11 is 0. The van der Waals surface area contributed by atoms with Crippen molar-refractivity contribution >= 4 is 5.82 Å². The van der Waals surface area contributed by atoms with E-state index in [-0.39, 0.29) is 6.04 Å². The standard InChI is InChI=1S/C14H15F2N3/c1-18-13(7-9-3-2-6-19-14(9)17)11-5-4-10(15)8-12(11)16/h2-6,8,13,18H,7H2,1H3,(H2,17,19). The van der Waals surface area contributed by atoms with E-state index >= 15 is 0 Å². The van der Waals surface area contributed by atoms with Gasteiger partial charge < -0.3 is 11.1 Å². The lowest BCUT2D eigenvalue weighted by atomic mass is 9.99. The van der Waals surface area contributed by atoms with Crippen LogP contribution in [0.15, 0.2) is 36.5 Å². The van der Waals surface area contributed by atoms with Crippen molar-refractivity contribution in [2.24, 2.45) is 0 Å². The van der Waals surface area contributed by atoms with Crippen LogP contribution in [0, 0.1) is 11.6 Å². The SMILES string of the molecule is CNC(Cc1cccnc1N)c1ccc(F)cc1F. The fourth-order valence-corrected chi connectivity index (χ4v) is 1.99. The number of anilines is 1. The van der Waals surface area contributed by atoms with E-state index in [2.05, 4.69) is 10.3 Å². The lowest BCUT2D eigenvalue weighted by Gasteiger charge is -2.18. The summed E-state index contributed by atoms with van der Waals surface area (Å²) in [4.78, 5) is 3.99. The number of nitrogens with zero attached hydrogens (tertiary/aromatic N) is 1. The average Bonchev–Trinajstić information content (AvgIpc) is 2.39. The molecule has 0 aliphatic carbocycles. The number of nitrogens with two attached hydrogens (primary N) is 1. The van der Waals surface area contributed by atoms with Gasteiger partial charge in [0.25, 0.3) is 0 Å². The molecule has 19 heavy (non-hydrogen) atoms. The first-order valence-corrected chi connectivity index (χ1v) is 5.93. The molecule has 1 heterocycles. The quantitative estimate of drug-likeness (QED) is 0.890. The Hall–Kier alpha value is -2.01. The zero-order valence-corrected chi connectivity index (χ0v) is 10.5. The summed E-state index contributed by atoms with van der Waals surface area (Å²) < 4.78 is 26.7. The van der Waals surface area contributed by atoms with Crippen LogP contribution in [0.4, 0.5) is 14.6 Å². The molecule has 100 valence electrons. The Bertz CT molecular complexity index is 572. The van der Waals surface area contributed by atoms with Gasteiger partial charge in [-0.3, -0.25) is 0 Å². The molecular formula is C14H15F2N3. The minimum absolute atomic E-state index is 0.285. The van der Waals surface area contributed by atoms with Crippen molar-refractivity contribution in [2.75, 3.05) is 12.8 Å². The van der Waals surface area contributed by atoms with Crippen molar-refractivity contribution in [3.8, 4) is 0 Å². The molecule has 0 saturated carbocycles. The molecule has 3 N–H and O–H groups in total. The molecule has 2 aromatic rings. The molecule has 0 bridgehead atoms. The number of nitrogens with one attached hydrogen (secondary N) is 1. The first-order chi connectivity index (χ1) is 9.11. The predicted molar refractivity (Wildman–Crippen MR) is 70.5 cm³/mol. The van der Waals surface area contributed by atoms with Crippen LogP contribution < -0.4 is 11.1 Å². The molecule has 1 aromatic carbocycles. The first-order valence-electron chi connectivity index (χ1n) is 5.93. The number of hydrogen-bond donors (Lipinski definition) is 2. The summed E-state index contributed by atoms with van der Waals surface area (Å²) in [5.41, 5.74) is 7.01. The second kappa shape index (κ2) is 5.75. The first kappa shape index (κ1) is 13.4. The zero-order chi connectivity index (χ0) is 13.8. The topological polar surface area (TPSA) is 50.9 Å². The normalized spacial score (nSPS) is 12.4. The van der Waals surface area contributed by atoms with Gasteiger partial charge in [0, 0.05) is 23.9 Å². The van der Waals surface area contributed by atoms with Crippen LogP contribution in [0.2, 0.25) is 0 Å². The van der Waals surface area contributed by atoms with E-state index in [1.165, 1.54) is 12.1 Å². The fraction of sp³-hybridized carbons (Fsp3) is 0.214. The monoisotopic (exact) mass is 263 g/mol. The summed E-state index contributed by atoms with van der Waals surface area (Å²) in [5, 5.41) is 3.01. The van der Waals surface area contributed by atoms with Crippen LogP contribution in [-0.4, -0.2) is 12.0 Å². The van der Waals surface area contributed by atoms with Crippen LogP contribution in [0.5, 0.6) is 0 Å². The number of benzene rings is 1. The Kier molecular flexibility index (Phi) is 4.06. The van der Waals surface area contributed by atoms with Crippen molar-refractivity contribution in [3.63, 3.8) is 0 Å². The van der Waals surface area contributed by atoms with Crippen molar-refractivity contribution in [3.05, 3.63) is 59.3 Å². The molecule has 2 rings (SSSR count). The number of nitrogen functional groups attached to an aromatic ring is 1. The third-order valence-corrected chi connectivity index (χ3v) is 3.04. The van der Waals surface area contributed by atoms with E-state index in [4.69, 9.17) is 5.73 Å². The zero-order valence-electron chi connectivity index (χ0n) is 10.5. The van der Waals surface area contributed by atoms with Gasteiger partial charge in [-0.15, -0.1) is 0 Å². The molecule has 1 atom stereocenters. The Labute approximate surface area is 110 Å². The molecule has 0 amide bonds. The van der Waals surface area contributed by atoms with Gasteiger partial charge in [0.05, 0.1) is 0 Å². The van der Waals surface area contributed by atoms with Gasteiger partial charge in [-0.25, -0.2) is 13.8 Å². The van der Waals surface area contributed by atoms with Crippen molar-refractivity contribution in [1.29, 1.82) is 0 Å². The largest absolute Gasteiger partial charge is 0.383 e. The number of pyridine rings is 1. The number of rotatable bonds is 4. The highest BCUT2D eigenvalue weighted by Gasteiger charge is 2.16. The number of halogens is 2. The highest BCUT2D eigenvalue weighted by molar-refractivity contribution is 5.40. The summed E-state index contributed by atoms with van der Waals surface area (Å²) in [7, 11) is 1.72. The van der Waals surface area contributed by atoms with Gasteiger partial charge in [-0.1, -0.05) is 12.1 Å². The van der Waals surface area contributed by atoms with E-state index in [0.29, 0.717) is 17.8 Å². The van der Waals surface area contributed by atoms with Gasteiger partial charge in [-0.2, -0.15) is 0 Å². The number of hydrogen-bond acceptors (Lipinski definition) is 3.